The Hall–Kier alpha value is -2.86. The Morgan fingerprint density at radius 2 is 1.93 bits per heavy atom. The minimum atomic E-state index is -0.0813. The molecule has 140 valence electrons. The first-order chi connectivity index (χ1) is 12.9. The van der Waals surface area contributed by atoms with Gasteiger partial charge in [-0.2, -0.15) is 0 Å². The molecule has 27 heavy (non-hydrogen) atoms. The summed E-state index contributed by atoms with van der Waals surface area (Å²) in [6.45, 7) is 4.56. The van der Waals surface area contributed by atoms with E-state index in [9.17, 15) is 4.79 Å². The van der Waals surface area contributed by atoms with Crippen LogP contribution >= 0.6 is 11.6 Å². The number of hydrogen-bond donors (Lipinski definition) is 0. The van der Waals surface area contributed by atoms with Crippen LogP contribution in [-0.4, -0.2) is 28.0 Å². The molecular weight excluding hydrogens is 366 g/mol. The van der Waals surface area contributed by atoms with Gasteiger partial charge in [-0.15, -0.1) is 0 Å². The van der Waals surface area contributed by atoms with Gasteiger partial charge in [-0.3, -0.25) is 4.79 Å². The Bertz CT molecular complexity index is 901. The number of carbonyl (C=O) groups excluding carboxylic acids is 1. The molecule has 0 aliphatic carbocycles. The minimum absolute atomic E-state index is 0.0813. The molecule has 0 unspecified atom stereocenters. The van der Waals surface area contributed by atoms with Crippen LogP contribution in [0.2, 0.25) is 5.15 Å². The smallest absolute Gasteiger partial charge is 0.253 e. The van der Waals surface area contributed by atoms with Crippen LogP contribution in [0.4, 0.5) is 0 Å². The molecule has 0 bridgehead atoms. The van der Waals surface area contributed by atoms with E-state index < -0.39 is 0 Å². The van der Waals surface area contributed by atoms with Crippen molar-refractivity contribution >= 4 is 17.5 Å². The van der Waals surface area contributed by atoms with Gasteiger partial charge in [-0.05, 0) is 49.7 Å². The maximum atomic E-state index is 12.6. The standard InChI is InChI=1S/C20H20ClN3O3/c1-13-18(14(2)27-23-13)12-26-17-7-5-16(6-8-17)20(25)24(3)11-15-4-9-19(21)22-10-15/h4-10H,11-12H2,1-3H3. The lowest BCUT2D eigenvalue weighted by atomic mass is 10.1. The third-order valence-electron chi connectivity index (χ3n) is 4.22. The molecule has 0 N–H and O–H groups in total. The number of rotatable bonds is 6. The Balaban J connectivity index is 1.60. The van der Waals surface area contributed by atoms with E-state index in [4.69, 9.17) is 20.9 Å². The van der Waals surface area contributed by atoms with Gasteiger partial charge >= 0.3 is 0 Å². The predicted molar refractivity (Wildman–Crippen MR) is 102 cm³/mol. The zero-order valence-electron chi connectivity index (χ0n) is 15.4. The molecule has 0 spiro atoms. The number of benzene rings is 1. The van der Waals surface area contributed by atoms with Gasteiger partial charge in [0.05, 0.1) is 11.3 Å². The monoisotopic (exact) mass is 385 g/mol. The molecule has 0 radical (unpaired) electrons. The molecule has 2 aromatic heterocycles. The van der Waals surface area contributed by atoms with E-state index in [0.717, 1.165) is 22.6 Å². The maximum Gasteiger partial charge on any atom is 0.253 e. The second kappa shape index (κ2) is 8.22. The number of aryl methyl sites for hydroxylation is 2. The first-order valence-corrected chi connectivity index (χ1v) is 8.82. The van der Waals surface area contributed by atoms with Crippen molar-refractivity contribution in [1.82, 2.24) is 15.0 Å². The Morgan fingerprint density at radius 1 is 1.19 bits per heavy atom. The highest BCUT2D eigenvalue weighted by Gasteiger charge is 2.13. The number of amides is 1. The summed E-state index contributed by atoms with van der Waals surface area (Å²) in [6.07, 6.45) is 1.66. The number of ether oxygens (including phenoxy) is 1. The van der Waals surface area contributed by atoms with Gasteiger partial charge in [-0.25, -0.2) is 4.98 Å². The van der Waals surface area contributed by atoms with Crippen LogP contribution in [0.1, 0.15) is 32.9 Å². The quantitative estimate of drug-likeness (QED) is 0.595. The van der Waals surface area contributed by atoms with E-state index >= 15 is 0 Å². The summed E-state index contributed by atoms with van der Waals surface area (Å²) in [5.41, 5.74) is 3.25. The van der Waals surface area contributed by atoms with E-state index in [1.165, 1.54) is 0 Å². The lowest BCUT2D eigenvalue weighted by molar-refractivity contribution is 0.0785. The molecule has 6 nitrogen and oxygen atoms in total. The first-order valence-electron chi connectivity index (χ1n) is 8.44. The predicted octanol–water partition coefficient (Wildman–Crippen LogP) is 4.19. The summed E-state index contributed by atoms with van der Waals surface area (Å²) < 4.78 is 10.9. The van der Waals surface area contributed by atoms with Crippen molar-refractivity contribution in [2.24, 2.45) is 0 Å². The highest BCUT2D eigenvalue weighted by molar-refractivity contribution is 6.29. The zero-order chi connectivity index (χ0) is 19.4. The van der Waals surface area contributed by atoms with E-state index in [2.05, 4.69) is 10.1 Å². The molecule has 0 saturated heterocycles. The van der Waals surface area contributed by atoms with Gasteiger partial charge in [0, 0.05) is 25.4 Å². The average molecular weight is 386 g/mol. The van der Waals surface area contributed by atoms with Crippen molar-refractivity contribution in [3.8, 4) is 5.75 Å². The zero-order valence-corrected chi connectivity index (χ0v) is 16.2. The second-order valence-electron chi connectivity index (χ2n) is 6.27. The molecule has 0 aliphatic rings. The van der Waals surface area contributed by atoms with Gasteiger partial charge in [-0.1, -0.05) is 22.8 Å². The molecule has 3 aromatic rings. The molecule has 1 amide bonds. The van der Waals surface area contributed by atoms with E-state index in [-0.39, 0.29) is 5.91 Å². The third-order valence-corrected chi connectivity index (χ3v) is 4.44. The molecule has 0 aliphatic heterocycles. The van der Waals surface area contributed by atoms with Crippen LogP contribution < -0.4 is 4.74 Å². The fourth-order valence-electron chi connectivity index (χ4n) is 2.62. The topological polar surface area (TPSA) is 68.5 Å². The van der Waals surface area contributed by atoms with E-state index in [0.29, 0.717) is 29.6 Å². The van der Waals surface area contributed by atoms with Crippen LogP contribution in [-0.2, 0) is 13.2 Å². The van der Waals surface area contributed by atoms with Crippen LogP contribution in [0.3, 0.4) is 0 Å². The molecule has 0 atom stereocenters. The van der Waals surface area contributed by atoms with Gasteiger partial charge in [0.2, 0.25) is 0 Å². The normalized spacial score (nSPS) is 10.7. The molecule has 0 fully saturated rings. The van der Waals surface area contributed by atoms with Gasteiger partial charge in [0.1, 0.15) is 23.3 Å². The average Bonchev–Trinajstić information content (AvgIpc) is 2.99. The highest BCUT2D eigenvalue weighted by Crippen LogP contribution is 2.19. The van der Waals surface area contributed by atoms with Crippen molar-refractivity contribution < 1.29 is 14.1 Å². The van der Waals surface area contributed by atoms with Crippen molar-refractivity contribution in [3.63, 3.8) is 0 Å². The highest BCUT2D eigenvalue weighted by atomic mass is 35.5. The second-order valence-corrected chi connectivity index (χ2v) is 6.65. The summed E-state index contributed by atoms with van der Waals surface area (Å²) >= 11 is 5.78. The fourth-order valence-corrected chi connectivity index (χ4v) is 2.74. The number of carbonyl (C=O) groups is 1. The SMILES string of the molecule is Cc1noc(C)c1COc1ccc(C(=O)N(C)Cc2ccc(Cl)nc2)cc1. The van der Waals surface area contributed by atoms with Crippen molar-refractivity contribution in [2.75, 3.05) is 7.05 Å². The number of aromatic nitrogens is 2. The Labute approximate surface area is 162 Å². The summed E-state index contributed by atoms with van der Waals surface area (Å²) in [5, 5.41) is 4.34. The molecule has 1 aromatic carbocycles. The third kappa shape index (κ3) is 4.65. The van der Waals surface area contributed by atoms with E-state index in [1.807, 2.05) is 19.9 Å². The number of halogens is 1. The largest absolute Gasteiger partial charge is 0.489 e. The number of nitrogens with zero attached hydrogens (tertiary/aromatic N) is 3. The van der Waals surface area contributed by atoms with Crippen molar-refractivity contribution in [1.29, 1.82) is 0 Å². The van der Waals surface area contributed by atoms with Gasteiger partial charge in [0.15, 0.2) is 0 Å². The van der Waals surface area contributed by atoms with E-state index in [1.54, 1.807) is 48.5 Å². The molecule has 0 saturated carbocycles. The lowest BCUT2D eigenvalue weighted by Gasteiger charge is -2.17. The maximum absolute atomic E-state index is 12.6. The Kier molecular flexibility index (Phi) is 5.76. The number of hydrogen-bond acceptors (Lipinski definition) is 5. The fraction of sp³-hybridized carbons (Fsp3) is 0.250. The van der Waals surface area contributed by atoms with Crippen LogP contribution in [0, 0.1) is 13.8 Å². The van der Waals surface area contributed by atoms with Crippen LogP contribution in [0.15, 0.2) is 47.1 Å². The van der Waals surface area contributed by atoms with Gasteiger partial charge < -0.3 is 14.2 Å². The minimum Gasteiger partial charge on any atom is -0.489 e. The van der Waals surface area contributed by atoms with Gasteiger partial charge in [0.25, 0.3) is 5.91 Å². The lowest BCUT2D eigenvalue weighted by Crippen LogP contribution is -2.26. The first kappa shape index (κ1) is 18.9. The molecule has 7 heteroatoms. The molecule has 2 heterocycles. The molecular formula is C20H20ClN3O3. The summed E-state index contributed by atoms with van der Waals surface area (Å²) in [4.78, 5) is 18.2. The molecule has 3 rings (SSSR count). The van der Waals surface area contributed by atoms with Crippen LogP contribution in [0.5, 0.6) is 5.75 Å². The number of pyridine rings is 1. The van der Waals surface area contributed by atoms with Crippen LogP contribution in [0.25, 0.3) is 0 Å². The summed E-state index contributed by atoms with van der Waals surface area (Å²) in [6, 6.07) is 10.6. The van der Waals surface area contributed by atoms with Crippen molar-refractivity contribution in [3.05, 3.63) is 75.9 Å². The summed E-state index contributed by atoms with van der Waals surface area (Å²) in [7, 11) is 1.75. The summed E-state index contributed by atoms with van der Waals surface area (Å²) in [5.74, 6) is 1.34. The van der Waals surface area contributed by atoms with Crippen molar-refractivity contribution in [2.45, 2.75) is 27.0 Å². The Morgan fingerprint density at radius 3 is 2.52 bits per heavy atom.